The minimum absolute atomic E-state index is 0.0102. The SMILES string of the molecule is CN(CC=CC#CC(C)(C)C)CC(=O)c1ccccc1Cl. The summed E-state index contributed by atoms with van der Waals surface area (Å²) in [7, 11) is 1.90. The van der Waals surface area contributed by atoms with Crippen LogP contribution in [0.5, 0.6) is 0 Å². The number of Topliss-reactive ketones (excluding diaryl/α,β-unsaturated/α-hetero) is 1. The van der Waals surface area contributed by atoms with Gasteiger partial charge in [0.25, 0.3) is 0 Å². The minimum atomic E-state index is 0.0102. The highest BCUT2D eigenvalue weighted by Gasteiger charge is 2.11. The van der Waals surface area contributed by atoms with Gasteiger partial charge in [-0.3, -0.25) is 9.69 Å². The molecule has 0 atom stereocenters. The average Bonchev–Trinajstić information content (AvgIpc) is 2.37. The zero-order valence-corrected chi connectivity index (χ0v) is 13.9. The number of hydrogen-bond donors (Lipinski definition) is 0. The highest BCUT2D eigenvalue weighted by Crippen LogP contribution is 2.15. The zero-order chi connectivity index (χ0) is 15.9. The Hall–Kier alpha value is -1.56. The maximum absolute atomic E-state index is 12.1. The van der Waals surface area contributed by atoms with Gasteiger partial charge < -0.3 is 0 Å². The van der Waals surface area contributed by atoms with Crippen LogP contribution in [0, 0.1) is 17.3 Å². The predicted molar refractivity (Wildman–Crippen MR) is 89.7 cm³/mol. The molecule has 0 saturated heterocycles. The van der Waals surface area contributed by atoms with Crippen LogP contribution in [-0.2, 0) is 0 Å². The Morgan fingerprint density at radius 2 is 2.00 bits per heavy atom. The van der Waals surface area contributed by atoms with Gasteiger partial charge in [0.05, 0.1) is 11.6 Å². The van der Waals surface area contributed by atoms with Crippen LogP contribution < -0.4 is 0 Å². The van der Waals surface area contributed by atoms with Crippen molar-refractivity contribution < 1.29 is 4.79 Å². The average molecular weight is 304 g/mol. The lowest BCUT2D eigenvalue weighted by Gasteiger charge is -2.13. The lowest BCUT2D eigenvalue weighted by Crippen LogP contribution is -2.26. The summed E-state index contributed by atoms with van der Waals surface area (Å²) < 4.78 is 0. The lowest BCUT2D eigenvalue weighted by atomic mass is 9.98. The molecule has 21 heavy (non-hydrogen) atoms. The van der Waals surface area contributed by atoms with E-state index in [-0.39, 0.29) is 11.2 Å². The standard InChI is InChI=1S/C18H22ClNO/c1-18(2,3)12-8-5-9-13-20(4)14-17(21)15-10-6-7-11-16(15)19/h5-7,9-11H,13-14H2,1-4H3. The summed E-state index contributed by atoms with van der Waals surface area (Å²) in [5.74, 6) is 6.17. The zero-order valence-electron chi connectivity index (χ0n) is 13.1. The number of rotatable bonds is 5. The number of allylic oxidation sites excluding steroid dienone is 1. The van der Waals surface area contributed by atoms with Crippen LogP contribution in [0.25, 0.3) is 0 Å². The molecule has 1 aromatic carbocycles. The van der Waals surface area contributed by atoms with Gasteiger partial charge in [0.15, 0.2) is 5.78 Å². The van der Waals surface area contributed by atoms with Crippen LogP contribution in [0.15, 0.2) is 36.4 Å². The molecule has 0 aliphatic rings. The van der Waals surface area contributed by atoms with Crippen LogP contribution in [0.1, 0.15) is 31.1 Å². The van der Waals surface area contributed by atoms with E-state index in [1.807, 2.05) is 36.2 Å². The normalized spacial score (nSPS) is 11.5. The molecular formula is C18H22ClNO. The van der Waals surface area contributed by atoms with Gasteiger partial charge in [0, 0.05) is 17.5 Å². The van der Waals surface area contributed by atoms with Crippen LogP contribution in [0.4, 0.5) is 0 Å². The molecule has 0 unspecified atom stereocenters. The number of benzene rings is 1. The molecule has 2 nitrogen and oxygen atoms in total. The number of halogens is 1. The van der Waals surface area contributed by atoms with E-state index < -0.39 is 0 Å². The number of likely N-dealkylation sites (N-methyl/N-ethyl adjacent to an activating group) is 1. The summed E-state index contributed by atoms with van der Waals surface area (Å²) in [4.78, 5) is 14.0. The molecule has 0 N–H and O–H groups in total. The van der Waals surface area contributed by atoms with Gasteiger partial charge in [-0.1, -0.05) is 41.7 Å². The van der Waals surface area contributed by atoms with Crippen molar-refractivity contribution in [3.05, 3.63) is 47.0 Å². The number of hydrogen-bond acceptors (Lipinski definition) is 2. The Balaban J connectivity index is 2.49. The third kappa shape index (κ3) is 7.13. The van der Waals surface area contributed by atoms with Crippen molar-refractivity contribution >= 4 is 17.4 Å². The topological polar surface area (TPSA) is 20.3 Å². The highest BCUT2D eigenvalue weighted by molar-refractivity contribution is 6.34. The second kappa shape index (κ2) is 8.02. The van der Waals surface area contributed by atoms with Crippen LogP contribution >= 0.6 is 11.6 Å². The van der Waals surface area contributed by atoms with E-state index in [9.17, 15) is 4.79 Å². The molecule has 0 amide bonds. The Labute approximate surface area is 132 Å². The van der Waals surface area contributed by atoms with Gasteiger partial charge in [0.1, 0.15) is 0 Å². The summed E-state index contributed by atoms with van der Waals surface area (Å²) in [5.41, 5.74) is 0.582. The lowest BCUT2D eigenvalue weighted by molar-refractivity contribution is 0.0952. The second-order valence-corrected chi connectivity index (χ2v) is 6.43. The molecule has 0 fully saturated rings. The fourth-order valence-electron chi connectivity index (χ4n) is 1.63. The molecule has 0 aliphatic heterocycles. The third-order valence-electron chi connectivity index (χ3n) is 2.65. The molecule has 1 rings (SSSR count). The molecule has 0 aromatic heterocycles. The monoisotopic (exact) mass is 303 g/mol. The number of carbonyl (C=O) groups excluding carboxylic acids is 1. The number of ketones is 1. The van der Waals surface area contributed by atoms with Crippen molar-refractivity contribution in [1.29, 1.82) is 0 Å². The molecule has 0 radical (unpaired) electrons. The van der Waals surface area contributed by atoms with Gasteiger partial charge in [-0.15, -0.1) is 0 Å². The quantitative estimate of drug-likeness (QED) is 0.604. The summed E-state index contributed by atoms with van der Waals surface area (Å²) in [5, 5.41) is 0.502. The van der Waals surface area contributed by atoms with Crippen LogP contribution in [0.2, 0.25) is 5.02 Å². The predicted octanol–water partition coefficient (Wildman–Crippen LogP) is 4.06. The molecule has 0 aliphatic carbocycles. The second-order valence-electron chi connectivity index (χ2n) is 6.02. The minimum Gasteiger partial charge on any atom is -0.295 e. The van der Waals surface area contributed by atoms with E-state index in [1.54, 1.807) is 12.1 Å². The number of nitrogens with zero attached hydrogens (tertiary/aromatic N) is 1. The van der Waals surface area contributed by atoms with E-state index in [4.69, 9.17) is 11.6 Å². The van der Waals surface area contributed by atoms with Gasteiger partial charge >= 0.3 is 0 Å². The van der Waals surface area contributed by atoms with E-state index >= 15 is 0 Å². The fraction of sp³-hybridized carbons (Fsp3) is 0.389. The smallest absolute Gasteiger partial charge is 0.178 e. The van der Waals surface area contributed by atoms with E-state index in [2.05, 4.69) is 32.6 Å². The molecule has 0 heterocycles. The Kier molecular flexibility index (Phi) is 6.68. The van der Waals surface area contributed by atoms with Gasteiger partial charge in [0.2, 0.25) is 0 Å². The van der Waals surface area contributed by atoms with Crippen molar-refractivity contribution in [2.24, 2.45) is 5.41 Å². The van der Waals surface area contributed by atoms with E-state index in [1.165, 1.54) is 0 Å². The van der Waals surface area contributed by atoms with Crippen LogP contribution in [0.3, 0.4) is 0 Å². The maximum atomic E-state index is 12.1. The molecule has 0 spiro atoms. The maximum Gasteiger partial charge on any atom is 0.178 e. The first-order valence-corrected chi connectivity index (χ1v) is 7.31. The first-order chi connectivity index (χ1) is 9.79. The van der Waals surface area contributed by atoms with Crippen LogP contribution in [-0.4, -0.2) is 30.8 Å². The molecule has 0 bridgehead atoms. The number of carbonyl (C=O) groups is 1. The molecule has 0 saturated carbocycles. The fourth-order valence-corrected chi connectivity index (χ4v) is 1.87. The Morgan fingerprint density at radius 3 is 2.62 bits per heavy atom. The Morgan fingerprint density at radius 1 is 1.33 bits per heavy atom. The van der Waals surface area contributed by atoms with Crippen molar-refractivity contribution in [3.8, 4) is 11.8 Å². The molecular weight excluding hydrogens is 282 g/mol. The first-order valence-electron chi connectivity index (χ1n) is 6.93. The Bertz CT molecular complexity index is 573. The van der Waals surface area contributed by atoms with Gasteiger partial charge in [-0.25, -0.2) is 0 Å². The van der Waals surface area contributed by atoms with E-state index in [0.29, 0.717) is 23.7 Å². The van der Waals surface area contributed by atoms with Crippen molar-refractivity contribution in [3.63, 3.8) is 0 Å². The highest BCUT2D eigenvalue weighted by atomic mass is 35.5. The first kappa shape index (κ1) is 17.5. The van der Waals surface area contributed by atoms with E-state index in [0.717, 1.165) is 0 Å². The van der Waals surface area contributed by atoms with Crippen molar-refractivity contribution in [2.75, 3.05) is 20.1 Å². The largest absolute Gasteiger partial charge is 0.295 e. The summed E-state index contributed by atoms with van der Waals surface area (Å²) >= 11 is 6.02. The summed E-state index contributed by atoms with van der Waals surface area (Å²) in [6.45, 7) is 7.22. The molecule has 1 aromatic rings. The van der Waals surface area contributed by atoms with Crippen molar-refractivity contribution in [2.45, 2.75) is 20.8 Å². The van der Waals surface area contributed by atoms with Gasteiger partial charge in [-0.2, -0.15) is 0 Å². The summed E-state index contributed by atoms with van der Waals surface area (Å²) in [6, 6.07) is 7.13. The van der Waals surface area contributed by atoms with Gasteiger partial charge in [-0.05, 0) is 46.0 Å². The molecule has 112 valence electrons. The third-order valence-corrected chi connectivity index (χ3v) is 2.98. The summed E-state index contributed by atoms with van der Waals surface area (Å²) in [6.07, 6.45) is 3.79. The van der Waals surface area contributed by atoms with Crippen molar-refractivity contribution in [1.82, 2.24) is 4.90 Å². The molecule has 3 heteroatoms.